The SMILES string of the molecule is COc1cc2c(cc1NC1=NCCS1)oc1ccccc12. The molecule has 0 unspecified atom stereocenters. The lowest BCUT2D eigenvalue weighted by atomic mass is 10.1. The number of benzene rings is 2. The number of ether oxygens (including phenoxy) is 1. The lowest BCUT2D eigenvalue weighted by Crippen LogP contribution is -2.06. The van der Waals surface area contributed by atoms with E-state index in [9.17, 15) is 0 Å². The summed E-state index contributed by atoms with van der Waals surface area (Å²) in [7, 11) is 1.68. The molecular formula is C16H14N2O2S. The minimum atomic E-state index is 0.796. The number of aliphatic imine (C=N–C) groups is 1. The molecule has 106 valence electrons. The highest BCUT2D eigenvalue weighted by atomic mass is 32.2. The summed E-state index contributed by atoms with van der Waals surface area (Å²) in [4.78, 5) is 4.41. The van der Waals surface area contributed by atoms with E-state index in [1.54, 1.807) is 18.9 Å². The Kier molecular flexibility index (Phi) is 3.00. The van der Waals surface area contributed by atoms with Crippen LogP contribution in [0, 0.1) is 0 Å². The molecule has 3 aromatic rings. The van der Waals surface area contributed by atoms with E-state index in [2.05, 4.69) is 16.4 Å². The van der Waals surface area contributed by atoms with Crippen molar-refractivity contribution in [2.24, 2.45) is 4.99 Å². The summed E-state index contributed by atoms with van der Waals surface area (Å²) in [5.74, 6) is 1.82. The Labute approximate surface area is 126 Å². The fourth-order valence-corrected chi connectivity index (χ4v) is 3.28. The number of fused-ring (bicyclic) bond motifs is 3. The Morgan fingerprint density at radius 3 is 2.90 bits per heavy atom. The van der Waals surface area contributed by atoms with Crippen molar-refractivity contribution in [3.05, 3.63) is 36.4 Å². The van der Waals surface area contributed by atoms with Crippen LogP contribution in [0.1, 0.15) is 0 Å². The van der Waals surface area contributed by atoms with Crippen LogP contribution >= 0.6 is 11.8 Å². The molecule has 0 bridgehead atoms. The maximum Gasteiger partial charge on any atom is 0.161 e. The normalized spacial score (nSPS) is 14.6. The van der Waals surface area contributed by atoms with Crippen LogP contribution in [0.2, 0.25) is 0 Å². The van der Waals surface area contributed by atoms with E-state index in [1.807, 2.05) is 30.3 Å². The first-order valence-electron chi connectivity index (χ1n) is 6.79. The first-order valence-corrected chi connectivity index (χ1v) is 7.77. The largest absolute Gasteiger partial charge is 0.495 e. The van der Waals surface area contributed by atoms with Crippen LogP contribution in [0.25, 0.3) is 21.9 Å². The quantitative estimate of drug-likeness (QED) is 0.773. The number of methoxy groups -OCH3 is 1. The molecule has 0 radical (unpaired) electrons. The van der Waals surface area contributed by atoms with Crippen molar-refractivity contribution in [3.8, 4) is 5.75 Å². The highest BCUT2D eigenvalue weighted by Gasteiger charge is 2.14. The van der Waals surface area contributed by atoms with Gasteiger partial charge in [0.05, 0.1) is 19.3 Å². The van der Waals surface area contributed by atoms with Gasteiger partial charge in [0.25, 0.3) is 0 Å². The smallest absolute Gasteiger partial charge is 0.161 e. The lowest BCUT2D eigenvalue weighted by molar-refractivity contribution is 0.417. The number of nitrogens with one attached hydrogen (secondary N) is 1. The second-order valence-electron chi connectivity index (χ2n) is 4.81. The lowest BCUT2D eigenvalue weighted by Gasteiger charge is -2.10. The van der Waals surface area contributed by atoms with Gasteiger partial charge in [-0.15, -0.1) is 0 Å². The average molecular weight is 298 g/mol. The van der Waals surface area contributed by atoms with Crippen LogP contribution in [0.4, 0.5) is 5.69 Å². The Bertz CT molecular complexity index is 854. The number of para-hydroxylation sites is 1. The third-order valence-electron chi connectivity index (χ3n) is 3.53. The van der Waals surface area contributed by atoms with Gasteiger partial charge in [-0.05, 0) is 12.1 Å². The number of anilines is 1. The Hall–Kier alpha value is -2.14. The maximum absolute atomic E-state index is 5.91. The molecule has 1 aliphatic heterocycles. The summed E-state index contributed by atoms with van der Waals surface area (Å²) in [5.41, 5.74) is 2.62. The predicted molar refractivity (Wildman–Crippen MR) is 88.7 cm³/mol. The van der Waals surface area contributed by atoms with Gasteiger partial charge in [0.15, 0.2) is 5.17 Å². The molecule has 4 rings (SSSR count). The minimum absolute atomic E-state index is 0.796. The number of rotatable bonds is 2. The van der Waals surface area contributed by atoms with Crippen molar-refractivity contribution >= 4 is 44.6 Å². The van der Waals surface area contributed by atoms with Gasteiger partial charge in [-0.25, -0.2) is 0 Å². The summed E-state index contributed by atoms with van der Waals surface area (Å²) < 4.78 is 11.4. The molecular weight excluding hydrogens is 284 g/mol. The third kappa shape index (κ3) is 2.14. The Morgan fingerprint density at radius 1 is 1.19 bits per heavy atom. The standard InChI is InChI=1S/C16H14N2O2S/c1-19-15-8-11-10-4-2-3-5-13(10)20-14(11)9-12(15)18-16-17-6-7-21-16/h2-5,8-9H,6-7H2,1H3,(H,17,18). The van der Waals surface area contributed by atoms with E-state index in [4.69, 9.17) is 9.15 Å². The van der Waals surface area contributed by atoms with Crippen LogP contribution in [0.3, 0.4) is 0 Å². The van der Waals surface area contributed by atoms with Gasteiger partial charge in [0.2, 0.25) is 0 Å². The highest BCUT2D eigenvalue weighted by molar-refractivity contribution is 8.14. The molecule has 0 fully saturated rings. The molecule has 0 saturated heterocycles. The molecule has 0 spiro atoms. The van der Waals surface area contributed by atoms with Gasteiger partial charge in [0, 0.05) is 22.6 Å². The predicted octanol–water partition coefficient (Wildman–Crippen LogP) is 4.11. The van der Waals surface area contributed by atoms with Crippen molar-refractivity contribution in [2.75, 3.05) is 24.7 Å². The zero-order valence-corrected chi connectivity index (χ0v) is 12.4. The number of thioether (sulfide) groups is 1. The molecule has 2 aromatic carbocycles. The number of hydrogen-bond acceptors (Lipinski definition) is 5. The number of nitrogens with zero attached hydrogens (tertiary/aromatic N) is 1. The fourth-order valence-electron chi connectivity index (χ4n) is 2.54. The summed E-state index contributed by atoms with van der Waals surface area (Å²) in [6.45, 7) is 0.863. The summed E-state index contributed by atoms with van der Waals surface area (Å²) >= 11 is 1.72. The van der Waals surface area contributed by atoms with E-state index in [0.29, 0.717) is 0 Å². The van der Waals surface area contributed by atoms with Crippen LogP contribution in [0.5, 0.6) is 5.75 Å². The molecule has 1 N–H and O–H groups in total. The first kappa shape index (κ1) is 12.6. The molecule has 2 heterocycles. The second-order valence-corrected chi connectivity index (χ2v) is 5.89. The van der Waals surface area contributed by atoms with Crippen molar-refractivity contribution in [2.45, 2.75) is 0 Å². The molecule has 5 heteroatoms. The van der Waals surface area contributed by atoms with E-state index in [1.165, 1.54) is 0 Å². The summed E-state index contributed by atoms with van der Waals surface area (Å²) in [6, 6.07) is 12.0. The zero-order valence-electron chi connectivity index (χ0n) is 11.6. The van der Waals surface area contributed by atoms with E-state index < -0.39 is 0 Å². The van der Waals surface area contributed by atoms with Gasteiger partial charge in [-0.3, -0.25) is 4.99 Å². The van der Waals surface area contributed by atoms with Crippen LogP contribution in [0.15, 0.2) is 45.8 Å². The van der Waals surface area contributed by atoms with Gasteiger partial charge in [-0.2, -0.15) is 0 Å². The van der Waals surface area contributed by atoms with Crippen LogP contribution < -0.4 is 10.1 Å². The Morgan fingerprint density at radius 2 is 2.10 bits per heavy atom. The van der Waals surface area contributed by atoms with Gasteiger partial charge in [-0.1, -0.05) is 30.0 Å². The zero-order chi connectivity index (χ0) is 14.2. The van der Waals surface area contributed by atoms with Gasteiger partial charge < -0.3 is 14.5 Å². The molecule has 0 atom stereocenters. The summed E-state index contributed by atoms with van der Waals surface area (Å²) in [6.07, 6.45) is 0. The molecule has 0 amide bonds. The van der Waals surface area contributed by atoms with E-state index in [0.717, 1.165) is 50.8 Å². The third-order valence-corrected chi connectivity index (χ3v) is 4.42. The molecule has 1 aromatic heterocycles. The van der Waals surface area contributed by atoms with Gasteiger partial charge >= 0.3 is 0 Å². The number of furan rings is 1. The van der Waals surface area contributed by atoms with Crippen LogP contribution in [-0.4, -0.2) is 24.6 Å². The molecule has 0 saturated carbocycles. The van der Waals surface area contributed by atoms with Crippen molar-refractivity contribution in [1.29, 1.82) is 0 Å². The molecule has 4 nitrogen and oxygen atoms in total. The second kappa shape index (κ2) is 5.00. The maximum atomic E-state index is 5.91. The van der Waals surface area contributed by atoms with Crippen molar-refractivity contribution in [1.82, 2.24) is 0 Å². The first-order chi connectivity index (χ1) is 10.3. The van der Waals surface area contributed by atoms with E-state index in [-0.39, 0.29) is 0 Å². The average Bonchev–Trinajstić information content (AvgIpc) is 3.13. The molecule has 21 heavy (non-hydrogen) atoms. The molecule has 1 aliphatic rings. The topological polar surface area (TPSA) is 46.8 Å². The number of amidine groups is 1. The number of hydrogen-bond donors (Lipinski definition) is 1. The highest BCUT2D eigenvalue weighted by Crippen LogP contribution is 2.36. The molecule has 0 aliphatic carbocycles. The monoisotopic (exact) mass is 298 g/mol. The Balaban J connectivity index is 1.88. The minimum Gasteiger partial charge on any atom is -0.495 e. The summed E-state index contributed by atoms with van der Waals surface area (Å²) in [5, 5.41) is 6.42. The van der Waals surface area contributed by atoms with E-state index >= 15 is 0 Å². The van der Waals surface area contributed by atoms with Crippen LogP contribution in [-0.2, 0) is 0 Å². The van der Waals surface area contributed by atoms with Gasteiger partial charge in [0.1, 0.15) is 16.9 Å². The van der Waals surface area contributed by atoms with Crippen molar-refractivity contribution in [3.63, 3.8) is 0 Å². The van der Waals surface area contributed by atoms with Crippen molar-refractivity contribution < 1.29 is 9.15 Å². The fraction of sp³-hybridized carbons (Fsp3) is 0.188.